The fourth-order valence-electron chi connectivity index (χ4n) is 2.20. The second-order valence-electron chi connectivity index (χ2n) is 4.76. The first kappa shape index (κ1) is 14.4. The highest BCUT2D eigenvalue weighted by Gasteiger charge is 2.30. The molecule has 2 rings (SSSR count). The second kappa shape index (κ2) is 5.58. The monoisotopic (exact) mass is 288 g/mol. The summed E-state index contributed by atoms with van der Waals surface area (Å²) in [7, 11) is -2.07. The van der Waals surface area contributed by atoms with Crippen LogP contribution >= 0.6 is 0 Å². The maximum Gasteiger partial charge on any atom is 0.262 e. The number of aromatic amines is 1. The zero-order valence-corrected chi connectivity index (χ0v) is 12.0. The summed E-state index contributed by atoms with van der Waals surface area (Å²) in [5.74, 6) is 0. The lowest BCUT2D eigenvalue weighted by Gasteiger charge is -2.19. The summed E-state index contributed by atoms with van der Waals surface area (Å²) in [6, 6.07) is 0. The molecule has 1 saturated heterocycles. The third-order valence-corrected chi connectivity index (χ3v) is 5.18. The van der Waals surface area contributed by atoms with Crippen LogP contribution in [0.3, 0.4) is 0 Å². The van der Waals surface area contributed by atoms with E-state index < -0.39 is 10.0 Å². The predicted octanol–water partition coefficient (Wildman–Crippen LogP) is -0.0237. The number of H-pyrrole nitrogens is 1. The lowest BCUT2D eigenvalue weighted by Crippen LogP contribution is -2.34. The quantitative estimate of drug-likeness (QED) is 0.792. The summed E-state index contributed by atoms with van der Waals surface area (Å²) in [4.78, 5) is 0. The van der Waals surface area contributed by atoms with Crippen molar-refractivity contribution in [1.29, 1.82) is 0 Å². The van der Waals surface area contributed by atoms with Crippen molar-refractivity contribution >= 4 is 10.0 Å². The van der Waals surface area contributed by atoms with Crippen LogP contribution in [0.15, 0.2) is 5.03 Å². The van der Waals surface area contributed by atoms with Crippen molar-refractivity contribution in [3.8, 4) is 0 Å². The fraction of sp³-hybridized carbons (Fsp3) is 0.727. The number of aryl methyl sites for hydroxylation is 1. The first-order chi connectivity index (χ1) is 8.96. The average molecular weight is 288 g/mol. The summed E-state index contributed by atoms with van der Waals surface area (Å²) >= 11 is 0. The molecule has 1 aliphatic heterocycles. The van der Waals surface area contributed by atoms with E-state index in [0.717, 1.165) is 12.8 Å². The van der Waals surface area contributed by atoms with Gasteiger partial charge in [-0.2, -0.15) is 9.40 Å². The van der Waals surface area contributed by atoms with Crippen LogP contribution in [-0.2, 0) is 21.3 Å². The lowest BCUT2D eigenvalue weighted by atomic mass is 10.2. The Labute approximate surface area is 113 Å². The van der Waals surface area contributed by atoms with E-state index in [0.29, 0.717) is 24.4 Å². The Hall–Kier alpha value is -0.960. The average Bonchev–Trinajstić information content (AvgIpc) is 2.98. The molecule has 2 heterocycles. The molecule has 1 aromatic rings. The maximum atomic E-state index is 12.4. The van der Waals surface area contributed by atoms with Crippen molar-refractivity contribution in [1.82, 2.24) is 14.5 Å². The molecule has 19 heavy (non-hydrogen) atoms. The molecule has 3 N–H and O–H groups in total. The number of hydrogen-bond donors (Lipinski definition) is 2. The van der Waals surface area contributed by atoms with E-state index in [2.05, 4.69) is 10.2 Å². The van der Waals surface area contributed by atoms with Crippen LogP contribution in [0.2, 0.25) is 0 Å². The molecule has 0 radical (unpaired) electrons. The third-order valence-electron chi connectivity index (χ3n) is 3.38. The van der Waals surface area contributed by atoms with Gasteiger partial charge < -0.3 is 10.5 Å². The Balaban J connectivity index is 2.20. The maximum absolute atomic E-state index is 12.4. The van der Waals surface area contributed by atoms with Crippen molar-refractivity contribution < 1.29 is 13.2 Å². The van der Waals surface area contributed by atoms with Crippen molar-refractivity contribution in [3.05, 3.63) is 11.3 Å². The normalized spacial score (nSPS) is 20.3. The summed E-state index contributed by atoms with van der Waals surface area (Å²) in [5.41, 5.74) is 6.82. The van der Waals surface area contributed by atoms with Gasteiger partial charge in [0.1, 0.15) is 0 Å². The Kier molecular flexibility index (Phi) is 4.24. The molecule has 1 atom stereocenters. The van der Waals surface area contributed by atoms with Gasteiger partial charge in [0.15, 0.2) is 5.03 Å². The molecule has 1 aliphatic rings. The van der Waals surface area contributed by atoms with Crippen molar-refractivity contribution in [2.24, 2.45) is 5.73 Å². The van der Waals surface area contributed by atoms with Crippen LogP contribution in [0.25, 0.3) is 0 Å². The van der Waals surface area contributed by atoms with E-state index >= 15 is 0 Å². The third kappa shape index (κ3) is 2.81. The van der Waals surface area contributed by atoms with Crippen LogP contribution in [-0.4, -0.2) is 49.2 Å². The van der Waals surface area contributed by atoms with Crippen LogP contribution in [0.4, 0.5) is 0 Å². The summed E-state index contributed by atoms with van der Waals surface area (Å²) in [6.07, 6.45) is 1.85. The summed E-state index contributed by atoms with van der Waals surface area (Å²) in [5, 5.41) is 6.58. The smallest absolute Gasteiger partial charge is 0.262 e. The van der Waals surface area contributed by atoms with Crippen molar-refractivity contribution in [2.45, 2.75) is 37.4 Å². The largest absolute Gasteiger partial charge is 0.377 e. The number of hydrogen-bond acceptors (Lipinski definition) is 5. The molecule has 0 amide bonds. The standard InChI is InChI=1S/C11H20N4O3S/c1-8-10(6-12)11(14-13-8)19(16,17)15(2)7-9-4-3-5-18-9/h9H,3-7,12H2,1-2H3,(H,13,14). The minimum atomic E-state index is -3.62. The molecule has 0 bridgehead atoms. The van der Waals surface area contributed by atoms with Crippen LogP contribution in [0, 0.1) is 6.92 Å². The van der Waals surface area contributed by atoms with E-state index in [1.165, 1.54) is 4.31 Å². The van der Waals surface area contributed by atoms with Gasteiger partial charge in [-0.05, 0) is 19.8 Å². The zero-order chi connectivity index (χ0) is 14.0. The van der Waals surface area contributed by atoms with Gasteiger partial charge in [0.05, 0.1) is 6.10 Å². The number of nitrogens with two attached hydrogens (primary N) is 1. The number of sulfonamides is 1. The van der Waals surface area contributed by atoms with Gasteiger partial charge in [-0.25, -0.2) is 8.42 Å². The van der Waals surface area contributed by atoms with Crippen LogP contribution in [0.5, 0.6) is 0 Å². The van der Waals surface area contributed by atoms with E-state index in [1.54, 1.807) is 14.0 Å². The van der Waals surface area contributed by atoms with Gasteiger partial charge in [-0.15, -0.1) is 0 Å². The first-order valence-corrected chi connectivity index (χ1v) is 7.72. The number of nitrogens with zero attached hydrogens (tertiary/aromatic N) is 2. The highest BCUT2D eigenvalue weighted by molar-refractivity contribution is 7.89. The fourth-order valence-corrected chi connectivity index (χ4v) is 3.57. The molecule has 0 saturated carbocycles. The van der Waals surface area contributed by atoms with Gasteiger partial charge in [-0.1, -0.05) is 0 Å². The van der Waals surface area contributed by atoms with E-state index in [4.69, 9.17) is 10.5 Å². The Morgan fingerprint density at radius 2 is 2.32 bits per heavy atom. The van der Waals surface area contributed by atoms with Crippen LogP contribution < -0.4 is 5.73 Å². The minimum absolute atomic E-state index is 0.0213. The van der Waals surface area contributed by atoms with Gasteiger partial charge in [-0.3, -0.25) is 5.10 Å². The number of nitrogens with one attached hydrogen (secondary N) is 1. The Morgan fingerprint density at radius 3 is 2.89 bits per heavy atom. The molecule has 108 valence electrons. The molecule has 8 heteroatoms. The summed E-state index contributed by atoms with van der Waals surface area (Å²) < 4.78 is 31.6. The molecule has 0 spiro atoms. The van der Waals surface area contributed by atoms with E-state index in [-0.39, 0.29) is 17.7 Å². The highest BCUT2D eigenvalue weighted by atomic mass is 32.2. The predicted molar refractivity (Wildman–Crippen MR) is 70.0 cm³/mol. The highest BCUT2D eigenvalue weighted by Crippen LogP contribution is 2.21. The Bertz CT molecular complexity index is 534. The van der Waals surface area contributed by atoms with E-state index in [9.17, 15) is 8.42 Å². The minimum Gasteiger partial charge on any atom is -0.377 e. The van der Waals surface area contributed by atoms with Crippen molar-refractivity contribution in [2.75, 3.05) is 20.2 Å². The Morgan fingerprint density at radius 1 is 1.58 bits per heavy atom. The molecule has 1 fully saturated rings. The van der Waals surface area contributed by atoms with Crippen molar-refractivity contribution in [3.63, 3.8) is 0 Å². The topological polar surface area (TPSA) is 101 Å². The van der Waals surface area contributed by atoms with Gasteiger partial charge in [0, 0.05) is 38.0 Å². The molecular formula is C11H20N4O3S. The lowest BCUT2D eigenvalue weighted by molar-refractivity contribution is 0.0978. The van der Waals surface area contributed by atoms with Crippen LogP contribution in [0.1, 0.15) is 24.1 Å². The van der Waals surface area contributed by atoms with Gasteiger partial charge in [0.25, 0.3) is 10.0 Å². The molecular weight excluding hydrogens is 268 g/mol. The number of likely N-dealkylation sites (N-methyl/N-ethyl adjacent to an activating group) is 1. The summed E-state index contributed by atoms with van der Waals surface area (Å²) in [6.45, 7) is 2.95. The number of ether oxygens (including phenoxy) is 1. The molecule has 0 aromatic carbocycles. The van der Waals surface area contributed by atoms with Gasteiger partial charge in [0.2, 0.25) is 0 Å². The van der Waals surface area contributed by atoms with E-state index in [1.807, 2.05) is 0 Å². The zero-order valence-electron chi connectivity index (χ0n) is 11.2. The molecule has 7 nitrogen and oxygen atoms in total. The second-order valence-corrected chi connectivity index (χ2v) is 6.72. The SMILES string of the molecule is Cc1[nH]nc(S(=O)(=O)N(C)CC2CCCO2)c1CN. The number of rotatable bonds is 5. The van der Waals surface area contributed by atoms with Gasteiger partial charge >= 0.3 is 0 Å². The molecule has 0 aliphatic carbocycles. The first-order valence-electron chi connectivity index (χ1n) is 6.28. The molecule has 1 unspecified atom stereocenters. The number of aromatic nitrogens is 2. The molecule has 1 aromatic heterocycles.